The van der Waals surface area contributed by atoms with Crippen LogP contribution in [0.15, 0.2) is 60.1 Å². The van der Waals surface area contributed by atoms with Crippen LogP contribution in [0.4, 0.5) is 5.69 Å². The quantitative estimate of drug-likeness (QED) is 0.496. The molecule has 5 heteroatoms. The van der Waals surface area contributed by atoms with Crippen LogP contribution in [0.2, 0.25) is 0 Å². The predicted octanol–water partition coefficient (Wildman–Crippen LogP) is 5.30. The number of aromatic nitrogens is 1. The van der Waals surface area contributed by atoms with Crippen LogP contribution in [0.25, 0.3) is 16.8 Å². The number of benzene rings is 2. The number of hydrogen-bond donors (Lipinski definition) is 1. The Bertz CT molecular complexity index is 993. The van der Waals surface area contributed by atoms with E-state index in [1.54, 1.807) is 18.3 Å². The predicted molar refractivity (Wildman–Crippen MR) is 106 cm³/mol. The molecule has 0 aliphatic rings. The number of carbonyl (C=O) groups is 1. The zero-order valence-electron chi connectivity index (χ0n) is 14.5. The SMILES string of the molecule is CC(=O)c1ccc(NC=C(C#N)c2nc(-c3ccc(C)cc3)cs2)cc1. The van der Waals surface area contributed by atoms with Crippen molar-refractivity contribution in [1.29, 1.82) is 5.26 Å². The van der Waals surface area contributed by atoms with Gasteiger partial charge in [0.15, 0.2) is 5.78 Å². The summed E-state index contributed by atoms with van der Waals surface area (Å²) < 4.78 is 0. The molecule has 2 aromatic carbocycles. The van der Waals surface area contributed by atoms with Crippen molar-refractivity contribution >= 4 is 28.4 Å². The number of nitrogens with one attached hydrogen (secondary N) is 1. The summed E-state index contributed by atoms with van der Waals surface area (Å²) in [6.07, 6.45) is 1.64. The molecule has 3 rings (SSSR count). The topological polar surface area (TPSA) is 65.8 Å². The van der Waals surface area contributed by atoms with Gasteiger partial charge in [0.2, 0.25) is 0 Å². The van der Waals surface area contributed by atoms with Crippen LogP contribution in [-0.4, -0.2) is 10.8 Å². The van der Waals surface area contributed by atoms with Crippen LogP contribution < -0.4 is 5.32 Å². The summed E-state index contributed by atoms with van der Waals surface area (Å²) in [7, 11) is 0. The molecule has 4 nitrogen and oxygen atoms in total. The summed E-state index contributed by atoms with van der Waals surface area (Å²) in [6.45, 7) is 3.58. The largest absolute Gasteiger partial charge is 0.360 e. The molecule has 1 heterocycles. The molecule has 0 spiro atoms. The van der Waals surface area contributed by atoms with Crippen LogP contribution >= 0.6 is 11.3 Å². The monoisotopic (exact) mass is 359 g/mol. The normalized spacial score (nSPS) is 11.0. The molecule has 3 aromatic rings. The average Bonchev–Trinajstić information content (AvgIpc) is 3.13. The van der Waals surface area contributed by atoms with E-state index in [0.717, 1.165) is 16.9 Å². The lowest BCUT2D eigenvalue weighted by molar-refractivity contribution is 0.101. The summed E-state index contributed by atoms with van der Waals surface area (Å²) in [4.78, 5) is 15.9. The Balaban J connectivity index is 1.78. The Morgan fingerprint density at radius 2 is 1.85 bits per heavy atom. The number of nitrogens with zero attached hydrogens (tertiary/aromatic N) is 2. The van der Waals surface area contributed by atoms with Gasteiger partial charge in [-0.1, -0.05) is 29.8 Å². The molecule has 0 saturated carbocycles. The molecule has 0 atom stereocenters. The Morgan fingerprint density at radius 3 is 2.46 bits per heavy atom. The first-order chi connectivity index (χ1) is 12.6. The van der Waals surface area contributed by atoms with E-state index in [4.69, 9.17) is 0 Å². The van der Waals surface area contributed by atoms with E-state index in [1.807, 2.05) is 48.7 Å². The molecule has 128 valence electrons. The Labute approximate surface area is 156 Å². The van der Waals surface area contributed by atoms with Gasteiger partial charge in [-0.15, -0.1) is 11.3 Å². The highest BCUT2D eigenvalue weighted by Crippen LogP contribution is 2.26. The van der Waals surface area contributed by atoms with E-state index < -0.39 is 0 Å². The van der Waals surface area contributed by atoms with E-state index in [-0.39, 0.29) is 5.78 Å². The highest BCUT2D eigenvalue weighted by atomic mass is 32.1. The molecule has 0 fully saturated rings. The number of carbonyl (C=O) groups excluding carboxylic acids is 1. The van der Waals surface area contributed by atoms with Crippen molar-refractivity contribution in [1.82, 2.24) is 4.98 Å². The van der Waals surface area contributed by atoms with E-state index in [2.05, 4.69) is 16.4 Å². The maximum atomic E-state index is 11.3. The van der Waals surface area contributed by atoms with Crippen molar-refractivity contribution in [2.45, 2.75) is 13.8 Å². The summed E-state index contributed by atoms with van der Waals surface area (Å²) >= 11 is 1.44. The number of aryl methyl sites for hydroxylation is 1. The number of anilines is 1. The van der Waals surface area contributed by atoms with Crippen molar-refractivity contribution in [2.75, 3.05) is 5.32 Å². The van der Waals surface area contributed by atoms with Crippen LogP contribution in [0.5, 0.6) is 0 Å². The minimum absolute atomic E-state index is 0.0243. The van der Waals surface area contributed by atoms with E-state index >= 15 is 0 Å². The summed E-state index contributed by atoms with van der Waals surface area (Å²) in [5.74, 6) is 0.0243. The van der Waals surface area contributed by atoms with Gasteiger partial charge in [-0.05, 0) is 38.1 Å². The Kier molecular flexibility index (Phi) is 5.26. The number of hydrogen-bond acceptors (Lipinski definition) is 5. The zero-order chi connectivity index (χ0) is 18.5. The number of Topliss-reactive ketones (excluding diaryl/α,β-unsaturated/α-hetero) is 1. The molecule has 0 unspecified atom stereocenters. The number of nitriles is 1. The molecule has 0 amide bonds. The average molecular weight is 359 g/mol. The van der Waals surface area contributed by atoms with Gasteiger partial charge in [0, 0.05) is 28.4 Å². The number of allylic oxidation sites excluding steroid dienone is 1. The van der Waals surface area contributed by atoms with Crippen molar-refractivity contribution < 1.29 is 4.79 Å². The van der Waals surface area contributed by atoms with Crippen molar-refractivity contribution in [2.24, 2.45) is 0 Å². The van der Waals surface area contributed by atoms with Gasteiger partial charge in [-0.2, -0.15) is 5.26 Å². The lowest BCUT2D eigenvalue weighted by Crippen LogP contribution is -1.94. The lowest BCUT2D eigenvalue weighted by Gasteiger charge is -2.02. The van der Waals surface area contributed by atoms with Crippen molar-refractivity contribution in [3.8, 4) is 17.3 Å². The first kappa shape index (κ1) is 17.6. The third kappa shape index (κ3) is 4.05. The second-order valence-electron chi connectivity index (χ2n) is 5.85. The molecule has 0 aliphatic carbocycles. The maximum absolute atomic E-state index is 11.3. The van der Waals surface area contributed by atoms with Crippen LogP contribution in [0.3, 0.4) is 0 Å². The van der Waals surface area contributed by atoms with Gasteiger partial charge in [0.05, 0.1) is 5.69 Å². The fourth-order valence-electron chi connectivity index (χ4n) is 2.35. The molecule has 0 bridgehead atoms. The number of thiazole rings is 1. The maximum Gasteiger partial charge on any atom is 0.159 e. The van der Waals surface area contributed by atoms with Gasteiger partial charge in [0.25, 0.3) is 0 Å². The first-order valence-corrected chi connectivity index (χ1v) is 8.95. The minimum Gasteiger partial charge on any atom is -0.360 e. The minimum atomic E-state index is 0.0243. The number of ketones is 1. The van der Waals surface area contributed by atoms with Crippen LogP contribution in [-0.2, 0) is 0 Å². The number of rotatable bonds is 5. The van der Waals surface area contributed by atoms with Crippen LogP contribution in [0, 0.1) is 18.3 Å². The summed E-state index contributed by atoms with van der Waals surface area (Å²) in [5.41, 5.74) is 5.01. The molecule has 0 radical (unpaired) electrons. The molecule has 1 aromatic heterocycles. The van der Waals surface area contributed by atoms with Crippen LogP contribution in [0.1, 0.15) is 27.9 Å². The van der Waals surface area contributed by atoms with Gasteiger partial charge in [0.1, 0.15) is 16.6 Å². The van der Waals surface area contributed by atoms with Gasteiger partial charge < -0.3 is 5.32 Å². The molecule has 0 aliphatic heterocycles. The van der Waals surface area contributed by atoms with Gasteiger partial charge in [-0.3, -0.25) is 4.79 Å². The second-order valence-corrected chi connectivity index (χ2v) is 6.71. The Morgan fingerprint density at radius 1 is 1.15 bits per heavy atom. The molecular weight excluding hydrogens is 342 g/mol. The molecular formula is C21H17N3OS. The second kappa shape index (κ2) is 7.77. The van der Waals surface area contributed by atoms with Gasteiger partial charge >= 0.3 is 0 Å². The smallest absolute Gasteiger partial charge is 0.159 e. The first-order valence-electron chi connectivity index (χ1n) is 8.07. The summed E-state index contributed by atoms with van der Waals surface area (Å²) in [5, 5.41) is 15.2. The highest BCUT2D eigenvalue weighted by molar-refractivity contribution is 7.11. The third-order valence-electron chi connectivity index (χ3n) is 3.88. The zero-order valence-corrected chi connectivity index (χ0v) is 15.3. The van der Waals surface area contributed by atoms with Crippen molar-refractivity contribution in [3.63, 3.8) is 0 Å². The van der Waals surface area contributed by atoms with E-state index in [9.17, 15) is 10.1 Å². The molecule has 1 N–H and O–H groups in total. The highest BCUT2D eigenvalue weighted by Gasteiger charge is 2.09. The van der Waals surface area contributed by atoms with E-state index in [0.29, 0.717) is 16.1 Å². The third-order valence-corrected chi connectivity index (χ3v) is 4.75. The summed E-state index contributed by atoms with van der Waals surface area (Å²) in [6, 6.07) is 17.4. The fourth-order valence-corrected chi connectivity index (χ4v) is 3.15. The van der Waals surface area contributed by atoms with Gasteiger partial charge in [-0.25, -0.2) is 4.98 Å². The standard InChI is InChI=1S/C21H17N3OS/c1-14-3-5-17(6-4-14)20-13-26-21(24-20)18(11-22)12-23-19-9-7-16(8-10-19)15(2)25/h3-10,12-13,23H,1-2H3. The lowest BCUT2D eigenvalue weighted by atomic mass is 10.1. The fraction of sp³-hybridized carbons (Fsp3) is 0.0952. The Hall–Kier alpha value is -3.23. The van der Waals surface area contributed by atoms with E-state index in [1.165, 1.54) is 23.8 Å². The molecule has 26 heavy (non-hydrogen) atoms. The molecule has 0 saturated heterocycles. The van der Waals surface area contributed by atoms with Crippen molar-refractivity contribution in [3.05, 3.63) is 76.2 Å².